The molecular formula is C20H23BrN3O2+. The second-order valence-corrected chi connectivity index (χ2v) is 7.44. The molecule has 2 aromatic carbocycles. The number of carbonyl (C=O) groups excluding carboxylic acids is 2. The molecule has 0 atom stereocenters. The lowest BCUT2D eigenvalue weighted by molar-refractivity contribution is -0.897. The van der Waals surface area contributed by atoms with Crippen molar-refractivity contribution in [3.05, 3.63) is 59.1 Å². The maximum atomic E-state index is 12.4. The minimum absolute atomic E-state index is 0.000845. The standard InChI is InChI=1S/C20H22BrN3O2/c21-17-8-4-5-9-18(17)23-19(25)14-24-12-10-15(11-13-24)20(26)22-16-6-2-1-3-7-16/h1-9,15H,10-14H2,(H,22,26)(H,23,25)/p+1. The van der Waals surface area contributed by atoms with Gasteiger partial charge in [0.1, 0.15) is 0 Å². The predicted octanol–water partition coefficient (Wildman–Crippen LogP) is 2.32. The van der Waals surface area contributed by atoms with Gasteiger partial charge in [0, 0.05) is 28.9 Å². The minimum Gasteiger partial charge on any atom is -0.327 e. The van der Waals surface area contributed by atoms with E-state index in [1.165, 1.54) is 4.90 Å². The lowest BCUT2D eigenvalue weighted by Gasteiger charge is -2.28. The molecule has 3 rings (SSSR count). The molecule has 0 aromatic heterocycles. The van der Waals surface area contributed by atoms with Crippen LogP contribution in [-0.4, -0.2) is 31.4 Å². The molecule has 3 N–H and O–H groups in total. The van der Waals surface area contributed by atoms with E-state index in [4.69, 9.17) is 0 Å². The zero-order chi connectivity index (χ0) is 18.4. The van der Waals surface area contributed by atoms with Crippen LogP contribution in [0.3, 0.4) is 0 Å². The smallest absolute Gasteiger partial charge is 0.279 e. The number of amides is 2. The predicted molar refractivity (Wildman–Crippen MR) is 106 cm³/mol. The highest BCUT2D eigenvalue weighted by Crippen LogP contribution is 2.20. The molecule has 1 heterocycles. The zero-order valence-electron chi connectivity index (χ0n) is 14.5. The Hall–Kier alpha value is -2.18. The SMILES string of the molecule is O=C(C[NH+]1CCC(C(=O)Nc2ccccc2)CC1)Nc1ccccc1Br. The van der Waals surface area contributed by atoms with Gasteiger partial charge in [-0.15, -0.1) is 0 Å². The molecule has 6 heteroatoms. The Labute approximate surface area is 161 Å². The van der Waals surface area contributed by atoms with Gasteiger partial charge in [-0.05, 0) is 40.2 Å². The molecule has 0 spiro atoms. The van der Waals surface area contributed by atoms with Crippen LogP contribution in [0.2, 0.25) is 0 Å². The molecule has 0 aliphatic carbocycles. The molecule has 0 bridgehead atoms. The largest absolute Gasteiger partial charge is 0.327 e. The number of hydrogen-bond acceptors (Lipinski definition) is 2. The Morgan fingerprint density at radius 3 is 2.31 bits per heavy atom. The van der Waals surface area contributed by atoms with E-state index in [0.717, 1.165) is 41.8 Å². The molecule has 2 amide bonds. The number of nitrogens with one attached hydrogen (secondary N) is 3. The van der Waals surface area contributed by atoms with Gasteiger partial charge in [0.05, 0.1) is 18.8 Å². The van der Waals surface area contributed by atoms with Crippen LogP contribution >= 0.6 is 15.9 Å². The summed E-state index contributed by atoms with van der Waals surface area (Å²) in [4.78, 5) is 25.8. The fourth-order valence-corrected chi connectivity index (χ4v) is 3.60. The first-order valence-electron chi connectivity index (χ1n) is 8.85. The second kappa shape index (κ2) is 8.96. The number of anilines is 2. The molecule has 1 aliphatic heterocycles. The topological polar surface area (TPSA) is 62.6 Å². The molecule has 1 saturated heterocycles. The van der Waals surface area contributed by atoms with Crippen molar-refractivity contribution in [1.82, 2.24) is 0 Å². The average molecular weight is 417 g/mol. The number of carbonyl (C=O) groups is 2. The van der Waals surface area contributed by atoms with Gasteiger partial charge in [0.2, 0.25) is 5.91 Å². The Bertz CT molecular complexity index is 759. The first-order valence-corrected chi connectivity index (χ1v) is 9.65. The quantitative estimate of drug-likeness (QED) is 0.700. The highest BCUT2D eigenvalue weighted by atomic mass is 79.9. The van der Waals surface area contributed by atoms with Crippen LogP contribution in [0.5, 0.6) is 0 Å². The van der Waals surface area contributed by atoms with E-state index in [2.05, 4.69) is 26.6 Å². The molecule has 136 valence electrons. The number of quaternary nitrogens is 1. The van der Waals surface area contributed by atoms with Gasteiger partial charge in [-0.25, -0.2) is 0 Å². The molecule has 1 aliphatic rings. The van der Waals surface area contributed by atoms with Crippen molar-refractivity contribution in [3.8, 4) is 0 Å². The van der Waals surface area contributed by atoms with Crippen molar-refractivity contribution < 1.29 is 14.5 Å². The van der Waals surface area contributed by atoms with E-state index in [-0.39, 0.29) is 17.7 Å². The number of benzene rings is 2. The summed E-state index contributed by atoms with van der Waals surface area (Å²) in [7, 11) is 0. The highest BCUT2D eigenvalue weighted by molar-refractivity contribution is 9.10. The third-order valence-electron chi connectivity index (χ3n) is 4.66. The summed E-state index contributed by atoms with van der Waals surface area (Å²) >= 11 is 3.43. The number of para-hydroxylation sites is 2. The molecular weight excluding hydrogens is 394 g/mol. The van der Waals surface area contributed by atoms with E-state index in [1.807, 2.05) is 54.6 Å². The summed E-state index contributed by atoms with van der Waals surface area (Å²) in [5, 5.41) is 5.91. The fourth-order valence-electron chi connectivity index (χ4n) is 3.21. The fraction of sp³-hybridized carbons (Fsp3) is 0.300. The Kier molecular flexibility index (Phi) is 6.41. The van der Waals surface area contributed by atoms with Crippen molar-refractivity contribution in [2.24, 2.45) is 5.92 Å². The molecule has 0 saturated carbocycles. The first kappa shape index (κ1) is 18.6. The van der Waals surface area contributed by atoms with Crippen LogP contribution in [0.25, 0.3) is 0 Å². The maximum Gasteiger partial charge on any atom is 0.279 e. The Balaban J connectivity index is 1.44. The summed E-state index contributed by atoms with van der Waals surface area (Å²) in [6, 6.07) is 17.1. The molecule has 1 fully saturated rings. The third-order valence-corrected chi connectivity index (χ3v) is 5.35. The van der Waals surface area contributed by atoms with Crippen LogP contribution < -0.4 is 15.5 Å². The normalized spacial score (nSPS) is 19.6. The Morgan fingerprint density at radius 2 is 1.62 bits per heavy atom. The van der Waals surface area contributed by atoms with E-state index in [9.17, 15) is 9.59 Å². The van der Waals surface area contributed by atoms with Gasteiger partial charge in [0.25, 0.3) is 5.91 Å². The molecule has 0 radical (unpaired) electrons. The second-order valence-electron chi connectivity index (χ2n) is 6.58. The van der Waals surface area contributed by atoms with Gasteiger partial charge >= 0.3 is 0 Å². The zero-order valence-corrected chi connectivity index (χ0v) is 16.1. The molecule has 26 heavy (non-hydrogen) atoms. The maximum absolute atomic E-state index is 12.4. The lowest BCUT2D eigenvalue weighted by atomic mass is 9.96. The van der Waals surface area contributed by atoms with Crippen LogP contribution in [-0.2, 0) is 9.59 Å². The summed E-state index contributed by atoms with van der Waals surface area (Å²) in [5.41, 5.74) is 1.62. The van der Waals surface area contributed by atoms with Crippen LogP contribution in [0.4, 0.5) is 11.4 Å². The van der Waals surface area contributed by atoms with Crippen LogP contribution in [0.15, 0.2) is 59.1 Å². The van der Waals surface area contributed by atoms with E-state index in [1.54, 1.807) is 0 Å². The molecule has 5 nitrogen and oxygen atoms in total. The summed E-state index contributed by atoms with van der Waals surface area (Å²) in [6.45, 7) is 2.08. The van der Waals surface area contributed by atoms with E-state index < -0.39 is 0 Å². The number of rotatable bonds is 5. The highest BCUT2D eigenvalue weighted by Gasteiger charge is 2.28. The summed E-state index contributed by atoms with van der Waals surface area (Å²) < 4.78 is 0.875. The van der Waals surface area contributed by atoms with Gasteiger partial charge in [-0.3, -0.25) is 9.59 Å². The Morgan fingerprint density at radius 1 is 0.962 bits per heavy atom. The van der Waals surface area contributed by atoms with Crippen molar-refractivity contribution in [3.63, 3.8) is 0 Å². The van der Waals surface area contributed by atoms with Gasteiger partial charge in [-0.2, -0.15) is 0 Å². The van der Waals surface area contributed by atoms with Crippen molar-refractivity contribution in [2.45, 2.75) is 12.8 Å². The number of piperidine rings is 1. The van der Waals surface area contributed by atoms with Crippen molar-refractivity contribution in [1.29, 1.82) is 0 Å². The monoisotopic (exact) mass is 416 g/mol. The molecule has 2 aromatic rings. The van der Waals surface area contributed by atoms with Gasteiger partial charge < -0.3 is 15.5 Å². The van der Waals surface area contributed by atoms with E-state index in [0.29, 0.717) is 6.54 Å². The van der Waals surface area contributed by atoms with Crippen LogP contribution in [0.1, 0.15) is 12.8 Å². The first-order chi connectivity index (χ1) is 12.6. The number of halogens is 1. The van der Waals surface area contributed by atoms with E-state index >= 15 is 0 Å². The van der Waals surface area contributed by atoms with Crippen molar-refractivity contribution >= 4 is 39.1 Å². The molecule has 0 unspecified atom stereocenters. The number of likely N-dealkylation sites (tertiary alicyclic amines) is 1. The number of hydrogen-bond donors (Lipinski definition) is 3. The average Bonchev–Trinajstić information content (AvgIpc) is 2.65. The lowest BCUT2D eigenvalue weighted by Crippen LogP contribution is -3.14. The van der Waals surface area contributed by atoms with Crippen molar-refractivity contribution in [2.75, 3.05) is 30.3 Å². The summed E-state index contributed by atoms with van der Waals surface area (Å²) in [6.07, 6.45) is 1.60. The third kappa shape index (κ3) is 5.16. The minimum atomic E-state index is -0.000845. The van der Waals surface area contributed by atoms with Crippen LogP contribution in [0, 0.1) is 5.92 Å². The van der Waals surface area contributed by atoms with Gasteiger partial charge in [-0.1, -0.05) is 30.3 Å². The summed E-state index contributed by atoms with van der Waals surface area (Å²) in [5.74, 6) is 0.0947. The van der Waals surface area contributed by atoms with Gasteiger partial charge in [0.15, 0.2) is 6.54 Å².